The molecule has 3 aromatic rings. The number of aldehydes is 1. The van der Waals surface area contributed by atoms with E-state index in [1.807, 2.05) is 24.3 Å². The summed E-state index contributed by atoms with van der Waals surface area (Å²) >= 11 is 0. The summed E-state index contributed by atoms with van der Waals surface area (Å²) in [5, 5.41) is 3.55. The minimum absolute atomic E-state index is 0.0666. The van der Waals surface area contributed by atoms with Crippen LogP contribution in [0.5, 0.6) is 5.75 Å². The number of alkyl halides is 1. The summed E-state index contributed by atoms with van der Waals surface area (Å²) in [4.78, 5) is 40.9. The summed E-state index contributed by atoms with van der Waals surface area (Å²) in [6.45, 7) is 0.934. The number of ether oxygens (including phenoxy) is 1. The van der Waals surface area contributed by atoms with Crippen LogP contribution in [-0.4, -0.2) is 56.4 Å². The number of allylic oxidation sites excluding steroid dienone is 1. The molecule has 0 spiro atoms. The molecule has 44 heavy (non-hydrogen) atoms. The third-order valence-corrected chi connectivity index (χ3v) is 11.7. The molecule has 8 nitrogen and oxygen atoms in total. The topological polar surface area (TPSA) is 110 Å². The third kappa shape index (κ3) is 5.71. The highest BCUT2D eigenvalue weighted by atomic mass is 32.2. The fourth-order valence-electron chi connectivity index (χ4n) is 6.21. The molecule has 2 aliphatic rings. The molecule has 2 amide bonds. The average molecular weight is 655 g/mol. The summed E-state index contributed by atoms with van der Waals surface area (Å²) in [6.07, 6.45) is 5.45. The summed E-state index contributed by atoms with van der Waals surface area (Å²) in [5.74, 6) is -1.18. The first-order valence-electron chi connectivity index (χ1n) is 13.9. The molecule has 7 atom stereocenters. The van der Waals surface area contributed by atoms with Crippen LogP contribution in [0.2, 0.25) is 0 Å². The monoisotopic (exact) mass is 654 g/mol. The van der Waals surface area contributed by atoms with Gasteiger partial charge in [-0.15, -0.1) is 9.24 Å². The molecule has 0 aromatic heterocycles. The smallest absolute Gasteiger partial charge is 0.257 e. The minimum Gasteiger partial charge on any atom is -0.496 e. The zero-order chi connectivity index (χ0) is 32.0. The molecule has 1 saturated carbocycles. The Hall–Kier alpha value is -3.45. The molecule has 3 aromatic carbocycles. The van der Waals surface area contributed by atoms with E-state index in [4.69, 9.17) is 4.74 Å². The second-order valence-electron chi connectivity index (χ2n) is 11.2. The van der Waals surface area contributed by atoms with Crippen LogP contribution in [0.3, 0.4) is 0 Å². The van der Waals surface area contributed by atoms with Gasteiger partial charge < -0.3 is 15.0 Å². The van der Waals surface area contributed by atoms with Crippen LogP contribution in [0.1, 0.15) is 34.1 Å². The summed E-state index contributed by atoms with van der Waals surface area (Å²) in [6, 6.07) is 15.5. The predicted molar refractivity (Wildman–Crippen MR) is 175 cm³/mol. The van der Waals surface area contributed by atoms with E-state index in [9.17, 15) is 27.2 Å². The highest BCUT2D eigenvalue weighted by molar-refractivity contribution is 7.96. The normalized spacial score (nSPS) is 21.9. The Morgan fingerprint density at radius 1 is 1.07 bits per heavy atom. The lowest BCUT2D eigenvalue weighted by atomic mass is 9.86. The number of nitrogens with zero attached hydrogens (tertiary/aromatic N) is 1. The first-order valence-corrected chi connectivity index (χ1v) is 16.5. The van der Waals surface area contributed by atoms with Crippen molar-refractivity contribution in [2.24, 2.45) is 17.8 Å². The lowest BCUT2D eigenvalue weighted by molar-refractivity contribution is -0.122. The van der Waals surface area contributed by atoms with Gasteiger partial charge in [0.25, 0.3) is 5.91 Å². The van der Waals surface area contributed by atoms with Gasteiger partial charge in [0, 0.05) is 18.3 Å². The van der Waals surface area contributed by atoms with Crippen molar-refractivity contribution in [3.63, 3.8) is 0 Å². The number of amides is 2. The first-order chi connectivity index (χ1) is 20.8. The fraction of sp³-hybridized carbons (Fsp3) is 0.281. The van der Waals surface area contributed by atoms with Gasteiger partial charge in [-0.1, -0.05) is 51.7 Å². The maximum Gasteiger partial charge on any atom is 0.257 e. The van der Waals surface area contributed by atoms with Crippen LogP contribution >= 0.6 is 18.5 Å². The number of sulfone groups is 1. The van der Waals surface area contributed by atoms with Crippen molar-refractivity contribution in [1.29, 1.82) is 0 Å². The molecule has 2 aliphatic carbocycles. The number of rotatable bonds is 9. The number of benzene rings is 3. The van der Waals surface area contributed by atoms with Crippen molar-refractivity contribution in [3.05, 3.63) is 83.9 Å². The van der Waals surface area contributed by atoms with E-state index in [-0.39, 0.29) is 39.8 Å². The van der Waals surface area contributed by atoms with Gasteiger partial charge in [-0.3, -0.25) is 14.4 Å². The Morgan fingerprint density at radius 3 is 2.45 bits per heavy atom. The molecule has 230 valence electrons. The highest BCUT2D eigenvalue weighted by Gasteiger charge is 2.51. The predicted octanol–water partition coefficient (Wildman–Crippen LogP) is 4.87. The first kappa shape index (κ1) is 32.0. The van der Waals surface area contributed by atoms with E-state index in [1.54, 1.807) is 45.5 Å². The Labute approximate surface area is 260 Å². The van der Waals surface area contributed by atoms with Gasteiger partial charge in [0.05, 0.1) is 29.5 Å². The van der Waals surface area contributed by atoms with Crippen molar-refractivity contribution in [3.8, 4) is 16.9 Å². The van der Waals surface area contributed by atoms with Crippen LogP contribution in [0.25, 0.3) is 11.1 Å². The largest absolute Gasteiger partial charge is 0.496 e. The quantitative estimate of drug-likeness (QED) is 0.201. The molecule has 1 fully saturated rings. The van der Waals surface area contributed by atoms with Gasteiger partial charge in [0.15, 0.2) is 6.29 Å². The number of hydrogen-bond donors (Lipinski definition) is 1. The molecule has 5 rings (SSSR count). The lowest BCUT2D eigenvalue weighted by Gasteiger charge is -2.35. The summed E-state index contributed by atoms with van der Waals surface area (Å²) in [5.41, 5.74) is 2.33. The zero-order valence-electron chi connectivity index (χ0n) is 24.4. The van der Waals surface area contributed by atoms with E-state index >= 15 is 0 Å². The van der Waals surface area contributed by atoms with E-state index < -0.39 is 26.5 Å². The van der Waals surface area contributed by atoms with Gasteiger partial charge in [0.2, 0.25) is 20.5 Å². The summed E-state index contributed by atoms with van der Waals surface area (Å²) < 4.78 is 42.7. The van der Waals surface area contributed by atoms with Crippen molar-refractivity contribution >= 4 is 57.4 Å². The van der Waals surface area contributed by atoms with E-state index in [0.717, 1.165) is 18.5 Å². The van der Waals surface area contributed by atoms with E-state index in [0.29, 0.717) is 28.9 Å². The van der Waals surface area contributed by atoms with Crippen LogP contribution in [-0.2, 0) is 14.6 Å². The molecule has 0 saturated heterocycles. The van der Waals surface area contributed by atoms with Gasteiger partial charge in [-0.2, -0.15) is 0 Å². The number of methoxy groups -OCH3 is 1. The fourth-order valence-corrected chi connectivity index (χ4v) is 8.01. The number of halogens is 1. The number of carbonyl (C=O) groups excluding carboxylic acids is 3. The molecule has 0 heterocycles. The zero-order valence-corrected chi connectivity index (χ0v) is 27.5. The van der Waals surface area contributed by atoms with E-state index in [2.05, 4.69) is 14.6 Å². The van der Waals surface area contributed by atoms with Crippen molar-refractivity contribution in [1.82, 2.24) is 4.90 Å². The van der Waals surface area contributed by atoms with Crippen LogP contribution < -0.4 is 15.4 Å². The van der Waals surface area contributed by atoms with Crippen LogP contribution in [0.15, 0.2) is 77.7 Å². The number of carbonyl (C=O) groups is 3. The molecular weight excluding hydrogens is 621 g/mol. The maximum absolute atomic E-state index is 14.4. The van der Waals surface area contributed by atoms with Gasteiger partial charge >= 0.3 is 0 Å². The molecule has 0 aliphatic heterocycles. The third-order valence-electron chi connectivity index (χ3n) is 8.41. The van der Waals surface area contributed by atoms with Crippen molar-refractivity contribution in [2.45, 2.75) is 29.0 Å². The molecular formula is C32H33FN2O6P2S. The molecule has 1 N–H and O–H groups in total. The standard InChI is InChI=1S/C32H33FN2O6P2S/c1-32(33,43)44(39,40)22-9-6-8-21(14-22)34-30(37)28-18-11-12-19(13-18)29(28)35(2)31(38)25-15-24(27(42)16-26(25)41-3)23-10-5-4-7-20(23)17-36/h4-12,14-19,28-29H,13,42-43H2,1-3H3,(H,34,37)/t18-,19-,28-,29+,32?/m0/s1. The Balaban J connectivity index is 1.46. The number of fused-ring (bicyclic) bond motifs is 2. The Bertz CT molecular complexity index is 1790. The molecule has 2 bridgehead atoms. The highest BCUT2D eigenvalue weighted by Crippen LogP contribution is 2.47. The number of nitrogens with one attached hydrogen (secondary N) is 1. The number of hydrogen-bond acceptors (Lipinski definition) is 6. The Kier molecular flexibility index (Phi) is 8.83. The second-order valence-corrected chi connectivity index (χ2v) is 15.6. The number of anilines is 1. The van der Waals surface area contributed by atoms with Gasteiger partial charge in [-0.05, 0) is 71.9 Å². The van der Waals surface area contributed by atoms with E-state index in [1.165, 1.54) is 31.4 Å². The lowest BCUT2D eigenvalue weighted by Crippen LogP contribution is -2.48. The van der Waals surface area contributed by atoms with Crippen LogP contribution in [0.4, 0.5) is 10.1 Å². The second kappa shape index (κ2) is 12.2. The van der Waals surface area contributed by atoms with Crippen molar-refractivity contribution in [2.75, 3.05) is 19.5 Å². The summed E-state index contributed by atoms with van der Waals surface area (Å²) in [7, 11) is 3.12. The van der Waals surface area contributed by atoms with Gasteiger partial charge in [-0.25, -0.2) is 12.8 Å². The van der Waals surface area contributed by atoms with Crippen molar-refractivity contribution < 1.29 is 31.9 Å². The van der Waals surface area contributed by atoms with Crippen LogP contribution in [0, 0.1) is 17.8 Å². The maximum atomic E-state index is 14.4. The molecule has 0 radical (unpaired) electrons. The average Bonchev–Trinajstić information content (AvgIpc) is 3.62. The Morgan fingerprint density at radius 2 is 1.77 bits per heavy atom. The van der Waals surface area contributed by atoms with Gasteiger partial charge in [0.1, 0.15) is 5.75 Å². The minimum atomic E-state index is -4.32. The SMILES string of the molecule is COc1cc(P)c(-c2ccccc2C=O)cc1C(=O)N(C)[C@H]1[C@@H](C(=O)Nc2cccc(S(=O)(=O)C(C)(F)P)c2)[C@H]2C=C[C@H]1C2. The molecule has 3 unspecified atom stereocenters. The molecule has 12 heteroatoms.